The number of amides is 6. The highest BCUT2D eigenvalue weighted by molar-refractivity contribution is 5.96. The number of nitrogens with one attached hydrogen (secondary N) is 4. The van der Waals surface area contributed by atoms with Gasteiger partial charge < -0.3 is 47.8 Å². The number of primary amides is 1. The Kier molecular flexibility index (Phi) is 13.5. The van der Waals surface area contributed by atoms with Gasteiger partial charge in [0.1, 0.15) is 18.1 Å². The quantitative estimate of drug-likeness (QED) is 0.0883. The SMILES string of the molecule is CC(C)C[C@H](NC(=O)CNC(=O)[C@@H]1CCCN1C(=O)[C@H](CC(=O)O)NC(=O)CNC(=O)[C@@H](N)CC(N)=O)C(=O)O. The second-order valence-electron chi connectivity index (χ2n) is 9.71. The van der Waals surface area contributed by atoms with E-state index in [4.69, 9.17) is 11.5 Å². The van der Waals surface area contributed by atoms with E-state index >= 15 is 0 Å². The molecule has 0 bridgehead atoms. The molecule has 1 aliphatic rings. The number of nitrogens with two attached hydrogens (primary N) is 2. The molecule has 0 spiro atoms. The third-order valence-corrected chi connectivity index (χ3v) is 5.80. The van der Waals surface area contributed by atoms with Crippen LogP contribution in [0.3, 0.4) is 0 Å². The van der Waals surface area contributed by atoms with Crippen LogP contribution in [0.2, 0.25) is 0 Å². The Labute approximate surface area is 229 Å². The van der Waals surface area contributed by atoms with Crippen LogP contribution < -0.4 is 32.7 Å². The topological polar surface area (TPSA) is 280 Å². The Morgan fingerprint density at radius 2 is 1.48 bits per heavy atom. The van der Waals surface area contributed by atoms with E-state index < -0.39 is 97.5 Å². The standard InChI is InChI=1S/C23H37N7O10/c1-11(2)6-14(23(39)40)29-18(33)10-27-21(37)15-4-3-5-30(15)22(38)13(8-19(34)35)28-17(32)9-26-20(36)12(24)7-16(25)31/h11-15H,3-10,24H2,1-2H3,(H2,25,31)(H,26,36)(H,27,37)(H,28,32)(H,29,33)(H,34,35)(H,39,40)/t12-,13-,14-,15-/m0/s1. The summed E-state index contributed by atoms with van der Waals surface area (Å²) < 4.78 is 0. The molecule has 0 aromatic carbocycles. The molecule has 40 heavy (non-hydrogen) atoms. The molecule has 1 fully saturated rings. The van der Waals surface area contributed by atoms with Gasteiger partial charge in [-0.2, -0.15) is 0 Å². The number of carbonyl (C=O) groups excluding carboxylic acids is 6. The first-order chi connectivity index (χ1) is 18.6. The van der Waals surface area contributed by atoms with Gasteiger partial charge in [0.05, 0.1) is 32.0 Å². The summed E-state index contributed by atoms with van der Waals surface area (Å²) in [6, 6.07) is -5.09. The average Bonchev–Trinajstić information content (AvgIpc) is 3.33. The Morgan fingerprint density at radius 1 is 0.900 bits per heavy atom. The van der Waals surface area contributed by atoms with E-state index in [2.05, 4.69) is 21.3 Å². The van der Waals surface area contributed by atoms with Crippen LogP contribution in [0.5, 0.6) is 0 Å². The van der Waals surface area contributed by atoms with Crippen LogP contribution in [0.1, 0.15) is 46.0 Å². The zero-order valence-corrected chi connectivity index (χ0v) is 22.3. The molecule has 1 rings (SSSR count). The fourth-order valence-electron chi connectivity index (χ4n) is 3.95. The molecular formula is C23H37N7O10. The third kappa shape index (κ3) is 11.6. The van der Waals surface area contributed by atoms with Crippen molar-refractivity contribution in [3.63, 3.8) is 0 Å². The zero-order valence-electron chi connectivity index (χ0n) is 22.3. The molecule has 0 unspecified atom stereocenters. The van der Waals surface area contributed by atoms with Crippen molar-refractivity contribution in [2.45, 2.75) is 70.1 Å². The van der Waals surface area contributed by atoms with Gasteiger partial charge in [-0.15, -0.1) is 0 Å². The van der Waals surface area contributed by atoms with Gasteiger partial charge in [0.25, 0.3) is 0 Å². The lowest BCUT2D eigenvalue weighted by Gasteiger charge is -2.28. The Hall–Kier alpha value is -4.28. The van der Waals surface area contributed by atoms with Crippen molar-refractivity contribution in [1.82, 2.24) is 26.2 Å². The van der Waals surface area contributed by atoms with Gasteiger partial charge in [0.2, 0.25) is 35.4 Å². The molecule has 1 heterocycles. The van der Waals surface area contributed by atoms with Crippen molar-refractivity contribution in [3.8, 4) is 0 Å². The number of carboxylic acids is 2. The molecule has 1 saturated heterocycles. The molecule has 17 nitrogen and oxygen atoms in total. The second-order valence-corrected chi connectivity index (χ2v) is 9.71. The van der Waals surface area contributed by atoms with Crippen LogP contribution >= 0.6 is 0 Å². The monoisotopic (exact) mass is 571 g/mol. The van der Waals surface area contributed by atoms with E-state index in [0.717, 1.165) is 4.90 Å². The number of likely N-dealkylation sites (tertiary alicyclic amines) is 1. The van der Waals surface area contributed by atoms with Crippen LogP contribution in [0.4, 0.5) is 0 Å². The minimum absolute atomic E-state index is 0.0102. The highest BCUT2D eigenvalue weighted by atomic mass is 16.4. The van der Waals surface area contributed by atoms with Crippen molar-refractivity contribution in [2.75, 3.05) is 19.6 Å². The van der Waals surface area contributed by atoms with Gasteiger partial charge in [-0.05, 0) is 25.2 Å². The predicted octanol–water partition coefficient (Wildman–Crippen LogP) is -4.01. The van der Waals surface area contributed by atoms with Crippen LogP contribution in [0.15, 0.2) is 0 Å². The van der Waals surface area contributed by atoms with Crippen molar-refractivity contribution in [3.05, 3.63) is 0 Å². The summed E-state index contributed by atoms with van der Waals surface area (Å²) in [6.45, 7) is 2.42. The van der Waals surface area contributed by atoms with Crippen molar-refractivity contribution < 1.29 is 48.6 Å². The highest BCUT2D eigenvalue weighted by Gasteiger charge is 2.38. The largest absolute Gasteiger partial charge is 0.481 e. The second kappa shape index (κ2) is 16.0. The summed E-state index contributed by atoms with van der Waals surface area (Å²) in [7, 11) is 0. The van der Waals surface area contributed by atoms with Gasteiger partial charge in [0, 0.05) is 6.54 Å². The van der Waals surface area contributed by atoms with Crippen LogP contribution in [-0.2, 0) is 38.4 Å². The third-order valence-electron chi connectivity index (χ3n) is 5.80. The van der Waals surface area contributed by atoms with Gasteiger partial charge >= 0.3 is 11.9 Å². The molecule has 6 amide bonds. The molecule has 0 saturated carbocycles. The number of carbonyl (C=O) groups is 8. The van der Waals surface area contributed by atoms with E-state index in [1.165, 1.54) is 0 Å². The number of hydrogen-bond acceptors (Lipinski definition) is 9. The Bertz CT molecular complexity index is 1000. The van der Waals surface area contributed by atoms with E-state index in [1.807, 2.05) is 0 Å². The lowest BCUT2D eigenvalue weighted by atomic mass is 10.0. The molecule has 1 aliphatic heterocycles. The maximum absolute atomic E-state index is 13.1. The summed E-state index contributed by atoms with van der Waals surface area (Å²) in [5.41, 5.74) is 10.4. The Balaban J connectivity index is 2.78. The highest BCUT2D eigenvalue weighted by Crippen LogP contribution is 2.19. The first-order valence-corrected chi connectivity index (χ1v) is 12.5. The van der Waals surface area contributed by atoms with Crippen LogP contribution in [0.25, 0.3) is 0 Å². The van der Waals surface area contributed by atoms with Gasteiger partial charge in [-0.25, -0.2) is 4.79 Å². The lowest BCUT2D eigenvalue weighted by molar-refractivity contribution is -0.146. The summed E-state index contributed by atoms with van der Waals surface area (Å²) in [4.78, 5) is 96.9. The van der Waals surface area contributed by atoms with E-state index in [1.54, 1.807) is 13.8 Å². The molecule has 224 valence electrons. The first kappa shape index (κ1) is 33.7. The maximum Gasteiger partial charge on any atom is 0.326 e. The first-order valence-electron chi connectivity index (χ1n) is 12.5. The minimum atomic E-state index is -1.58. The van der Waals surface area contributed by atoms with Crippen LogP contribution in [0, 0.1) is 5.92 Å². The molecule has 17 heteroatoms. The minimum Gasteiger partial charge on any atom is -0.481 e. The number of nitrogens with zero attached hydrogens (tertiary/aromatic N) is 1. The fourth-order valence-corrected chi connectivity index (χ4v) is 3.95. The van der Waals surface area contributed by atoms with Gasteiger partial charge in [-0.3, -0.25) is 33.6 Å². The van der Waals surface area contributed by atoms with Gasteiger partial charge in [0.15, 0.2) is 0 Å². The normalized spacial score (nSPS) is 16.8. The number of carboxylic acid groups (broad SMARTS) is 2. The van der Waals surface area contributed by atoms with Crippen molar-refractivity contribution >= 4 is 47.4 Å². The average molecular weight is 572 g/mol. The summed E-state index contributed by atoms with van der Waals surface area (Å²) in [5.74, 6) is -7.60. The molecule has 4 atom stereocenters. The number of hydrogen-bond donors (Lipinski definition) is 8. The molecule has 0 aliphatic carbocycles. The molecule has 0 aromatic rings. The van der Waals surface area contributed by atoms with E-state index in [0.29, 0.717) is 6.42 Å². The van der Waals surface area contributed by atoms with Crippen molar-refractivity contribution in [2.24, 2.45) is 17.4 Å². The van der Waals surface area contributed by atoms with Gasteiger partial charge in [-0.1, -0.05) is 13.8 Å². The van der Waals surface area contributed by atoms with Crippen molar-refractivity contribution in [1.29, 1.82) is 0 Å². The summed E-state index contributed by atoms with van der Waals surface area (Å²) in [5, 5.41) is 27.5. The smallest absolute Gasteiger partial charge is 0.326 e. The summed E-state index contributed by atoms with van der Waals surface area (Å²) >= 11 is 0. The molecule has 0 radical (unpaired) electrons. The van der Waals surface area contributed by atoms with E-state index in [9.17, 15) is 48.6 Å². The number of rotatable bonds is 16. The van der Waals surface area contributed by atoms with Crippen LogP contribution in [-0.4, -0.2) is 106 Å². The fraction of sp³-hybridized carbons (Fsp3) is 0.652. The lowest BCUT2D eigenvalue weighted by Crippen LogP contribution is -2.56. The van der Waals surface area contributed by atoms with E-state index in [-0.39, 0.29) is 25.3 Å². The number of aliphatic carboxylic acids is 2. The maximum atomic E-state index is 13.1. The summed E-state index contributed by atoms with van der Waals surface area (Å²) in [6.07, 6.45) is -0.523. The predicted molar refractivity (Wildman–Crippen MR) is 136 cm³/mol. The zero-order chi connectivity index (χ0) is 30.6. The Morgan fingerprint density at radius 3 is 2.00 bits per heavy atom. The molecule has 10 N–H and O–H groups in total. The molecular weight excluding hydrogens is 534 g/mol. The molecule has 0 aromatic heterocycles.